The molecule has 0 saturated carbocycles. The van der Waals surface area contributed by atoms with Crippen molar-refractivity contribution in [2.45, 2.75) is 11.4 Å². The van der Waals surface area contributed by atoms with Crippen molar-refractivity contribution in [1.29, 1.82) is 0 Å². The van der Waals surface area contributed by atoms with E-state index in [0.29, 0.717) is 10.8 Å². The molecule has 0 aliphatic heterocycles. The number of furan rings is 1. The lowest BCUT2D eigenvalue weighted by atomic mass is 10.4. The van der Waals surface area contributed by atoms with Crippen LogP contribution in [0.2, 0.25) is 5.02 Å². The molecule has 0 atom stereocenters. The van der Waals surface area contributed by atoms with Crippen LogP contribution in [0.5, 0.6) is 0 Å². The number of halogens is 1. The topological polar surface area (TPSA) is 50.5 Å². The molecule has 1 aromatic carbocycles. The average Bonchev–Trinajstić information content (AvgIpc) is 2.92. The van der Waals surface area contributed by atoms with E-state index in [4.69, 9.17) is 22.4 Å². The predicted octanol–water partition coefficient (Wildman–Crippen LogP) is 2.76. The van der Waals surface area contributed by atoms with E-state index in [2.05, 4.69) is 5.92 Å². The summed E-state index contributed by atoms with van der Waals surface area (Å²) in [5.41, 5.74) is 0. The first-order valence-corrected chi connectivity index (χ1v) is 7.57. The maximum Gasteiger partial charge on any atom is 0.244 e. The van der Waals surface area contributed by atoms with Crippen molar-refractivity contribution in [3.05, 3.63) is 53.4 Å². The fourth-order valence-corrected chi connectivity index (χ4v) is 3.11. The van der Waals surface area contributed by atoms with Gasteiger partial charge in [0.1, 0.15) is 5.76 Å². The van der Waals surface area contributed by atoms with E-state index in [9.17, 15) is 8.42 Å². The molecular weight excluding hydrogens is 298 g/mol. The maximum atomic E-state index is 12.5. The first kappa shape index (κ1) is 14.7. The van der Waals surface area contributed by atoms with Gasteiger partial charge in [-0.3, -0.25) is 0 Å². The van der Waals surface area contributed by atoms with Gasteiger partial charge in [-0.25, -0.2) is 8.42 Å². The van der Waals surface area contributed by atoms with Gasteiger partial charge in [-0.05, 0) is 36.4 Å². The molecule has 1 aromatic heterocycles. The maximum absolute atomic E-state index is 12.5. The van der Waals surface area contributed by atoms with E-state index in [1.807, 2.05) is 0 Å². The summed E-state index contributed by atoms with van der Waals surface area (Å²) >= 11 is 5.76. The number of hydrogen-bond donors (Lipinski definition) is 0. The molecule has 1 heterocycles. The molecule has 2 rings (SSSR count). The molecule has 2 aromatic rings. The lowest BCUT2D eigenvalue weighted by Gasteiger charge is -2.18. The van der Waals surface area contributed by atoms with Crippen molar-refractivity contribution >= 4 is 21.6 Å². The number of sulfonamides is 1. The highest BCUT2D eigenvalue weighted by Gasteiger charge is 2.24. The smallest absolute Gasteiger partial charge is 0.244 e. The Labute approximate surface area is 123 Å². The second kappa shape index (κ2) is 6.14. The normalized spacial score (nSPS) is 11.4. The average molecular weight is 310 g/mol. The highest BCUT2D eigenvalue weighted by Crippen LogP contribution is 2.20. The van der Waals surface area contributed by atoms with Gasteiger partial charge < -0.3 is 4.42 Å². The largest absolute Gasteiger partial charge is 0.468 e. The molecule has 0 saturated heterocycles. The zero-order chi connectivity index (χ0) is 14.6. The zero-order valence-electron chi connectivity index (χ0n) is 10.5. The van der Waals surface area contributed by atoms with E-state index in [-0.39, 0.29) is 18.0 Å². The van der Waals surface area contributed by atoms with Gasteiger partial charge >= 0.3 is 0 Å². The monoisotopic (exact) mass is 309 g/mol. The van der Waals surface area contributed by atoms with Crippen molar-refractivity contribution in [1.82, 2.24) is 4.31 Å². The molecule has 6 heteroatoms. The van der Waals surface area contributed by atoms with Crippen LogP contribution >= 0.6 is 11.6 Å². The van der Waals surface area contributed by atoms with E-state index in [1.54, 1.807) is 12.1 Å². The van der Waals surface area contributed by atoms with Crippen LogP contribution in [0.25, 0.3) is 0 Å². The van der Waals surface area contributed by atoms with Gasteiger partial charge in [-0.2, -0.15) is 4.31 Å². The van der Waals surface area contributed by atoms with Gasteiger partial charge in [0.15, 0.2) is 0 Å². The van der Waals surface area contributed by atoms with Gasteiger partial charge in [0.2, 0.25) is 10.0 Å². The number of terminal acetylenes is 1. The van der Waals surface area contributed by atoms with Gasteiger partial charge in [0.05, 0.1) is 24.2 Å². The molecule has 0 amide bonds. The van der Waals surface area contributed by atoms with E-state index in [1.165, 1.54) is 34.8 Å². The molecule has 0 aliphatic rings. The van der Waals surface area contributed by atoms with Crippen LogP contribution < -0.4 is 0 Å². The van der Waals surface area contributed by atoms with Crippen LogP contribution in [-0.4, -0.2) is 19.3 Å². The molecule has 20 heavy (non-hydrogen) atoms. The number of nitrogens with zero attached hydrogens (tertiary/aromatic N) is 1. The minimum Gasteiger partial charge on any atom is -0.468 e. The molecular formula is C14H12ClNO3S. The molecule has 4 nitrogen and oxygen atoms in total. The van der Waals surface area contributed by atoms with Crippen molar-refractivity contribution in [3.8, 4) is 12.3 Å². The molecule has 0 N–H and O–H groups in total. The van der Waals surface area contributed by atoms with Crippen molar-refractivity contribution in [3.63, 3.8) is 0 Å². The lowest BCUT2D eigenvalue weighted by molar-refractivity contribution is 0.389. The molecule has 0 radical (unpaired) electrons. The first-order valence-electron chi connectivity index (χ1n) is 5.75. The van der Waals surface area contributed by atoms with Crippen LogP contribution in [-0.2, 0) is 16.6 Å². The fourth-order valence-electron chi connectivity index (χ4n) is 1.66. The second-order valence-electron chi connectivity index (χ2n) is 4.01. The quantitative estimate of drug-likeness (QED) is 0.798. The Morgan fingerprint density at radius 1 is 1.25 bits per heavy atom. The van der Waals surface area contributed by atoms with E-state index < -0.39 is 10.0 Å². The zero-order valence-corrected chi connectivity index (χ0v) is 12.1. The Kier molecular flexibility index (Phi) is 4.50. The minimum absolute atomic E-state index is 0.0361. The summed E-state index contributed by atoms with van der Waals surface area (Å²) in [7, 11) is -3.68. The van der Waals surface area contributed by atoms with Crippen molar-refractivity contribution in [2.24, 2.45) is 0 Å². The Bertz CT molecular complexity index is 700. The SMILES string of the molecule is C#CCN(Cc1ccco1)S(=O)(=O)c1ccc(Cl)cc1. The lowest BCUT2D eigenvalue weighted by Crippen LogP contribution is -2.30. The molecule has 0 bridgehead atoms. The number of rotatable bonds is 5. The second-order valence-corrected chi connectivity index (χ2v) is 6.38. The van der Waals surface area contributed by atoms with Gasteiger partial charge in [0, 0.05) is 5.02 Å². The summed E-state index contributed by atoms with van der Waals surface area (Å²) < 4.78 is 31.4. The number of benzene rings is 1. The molecule has 104 valence electrons. The minimum atomic E-state index is -3.68. The van der Waals surface area contributed by atoms with Crippen molar-refractivity contribution < 1.29 is 12.8 Å². The molecule has 0 fully saturated rings. The van der Waals surface area contributed by atoms with Crippen LogP contribution in [0.1, 0.15) is 5.76 Å². The summed E-state index contributed by atoms with van der Waals surface area (Å²) in [6.45, 7) is 0.0494. The Morgan fingerprint density at radius 2 is 1.95 bits per heavy atom. The van der Waals surface area contributed by atoms with Gasteiger partial charge in [0.25, 0.3) is 0 Å². The van der Waals surface area contributed by atoms with Crippen molar-refractivity contribution in [2.75, 3.05) is 6.54 Å². The highest BCUT2D eigenvalue weighted by atomic mass is 35.5. The van der Waals surface area contributed by atoms with E-state index >= 15 is 0 Å². The molecule has 0 spiro atoms. The van der Waals surface area contributed by atoms with Gasteiger partial charge in [-0.15, -0.1) is 6.42 Å². The van der Waals surface area contributed by atoms with Crippen LogP contribution in [0.15, 0.2) is 52.0 Å². The third-order valence-corrected chi connectivity index (χ3v) is 4.69. The third-order valence-electron chi connectivity index (χ3n) is 2.63. The predicted molar refractivity (Wildman–Crippen MR) is 76.6 cm³/mol. The third kappa shape index (κ3) is 3.23. The van der Waals surface area contributed by atoms with Crippen LogP contribution in [0.3, 0.4) is 0 Å². The summed E-state index contributed by atoms with van der Waals surface area (Å²) in [6, 6.07) is 9.33. The van der Waals surface area contributed by atoms with E-state index in [0.717, 1.165) is 0 Å². The first-order chi connectivity index (χ1) is 9.54. The number of hydrogen-bond acceptors (Lipinski definition) is 3. The Morgan fingerprint density at radius 3 is 2.50 bits per heavy atom. The summed E-state index contributed by atoms with van der Waals surface area (Å²) in [5, 5.41) is 0.471. The molecule has 0 unspecified atom stereocenters. The highest BCUT2D eigenvalue weighted by molar-refractivity contribution is 7.89. The fraction of sp³-hybridized carbons (Fsp3) is 0.143. The van der Waals surface area contributed by atoms with Crippen LogP contribution in [0.4, 0.5) is 0 Å². The summed E-state index contributed by atoms with van der Waals surface area (Å²) in [4.78, 5) is 0.142. The van der Waals surface area contributed by atoms with Gasteiger partial charge in [-0.1, -0.05) is 17.5 Å². The standard InChI is InChI=1S/C14H12ClNO3S/c1-2-9-16(11-13-4-3-10-19-13)20(17,18)14-7-5-12(15)6-8-14/h1,3-8,10H,9,11H2. The summed E-state index contributed by atoms with van der Waals surface area (Å²) in [6.07, 6.45) is 6.73. The molecule has 0 aliphatic carbocycles. The summed E-state index contributed by atoms with van der Waals surface area (Å²) in [5.74, 6) is 2.87. The Hall–Kier alpha value is -1.74. The van der Waals surface area contributed by atoms with Crippen LogP contribution in [0, 0.1) is 12.3 Å². The Balaban J connectivity index is 2.32.